The Morgan fingerprint density at radius 2 is 1.94 bits per heavy atom. The minimum Gasteiger partial charge on any atom is -0.444 e. The standard InChI is InChI=1S/C14H27NO2/c1-10(2)7-12-9-15(8-11(12)3)13(16)17-14(4,5)6/h10-12H,7-9H2,1-6H3/t11-,12-/m1/s1. The molecule has 3 heteroatoms. The maximum atomic E-state index is 11.9. The molecule has 1 rings (SSSR count). The van der Waals surface area contributed by atoms with Crippen molar-refractivity contribution in [2.24, 2.45) is 17.8 Å². The number of carbonyl (C=O) groups is 1. The average molecular weight is 241 g/mol. The molecule has 100 valence electrons. The van der Waals surface area contributed by atoms with Gasteiger partial charge in [0.1, 0.15) is 5.60 Å². The number of likely N-dealkylation sites (tertiary alicyclic amines) is 1. The molecule has 2 atom stereocenters. The third-order valence-electron chi connectivity index (χ3n) is 3.19. The zero-order valence-electron chi connectivity index (χ0n) is 12.1. The molecule has 0 aromatic carbocycles. The van der Waals surface area contributed by atoms with E-state index < -0.39 is 5.60 Å². The van der Waals surface area contributed by atoms with Gasteiger partial charge in [0.05, 0.1) is 0 Å². The molecule has 1 aliphatic rings. The highest BCUT2D eigenvalue weighted by Gasteiger charge is 2.34. The number of rotatable bonds is 2. The fourth-order valence-corrected chi connectivity index (χ4v) is 2.42. The molecular weight excluding hydrogens is 214 g/mol. The van der Waals surface area contributed by atoms with E-state index in [4.69, 9.17) is 4.74 Å². The van der Waals surface area contributed by atoms with Gasteiger partial charge in [0.15, 0.2) is 0 Å². The molecule has 1 amide bonds. The summed E-state index contributed by atoms with van der Waals surface area (Å²) in [6.07, 6.45) is 1.04. The number of ether oxygens (including phenoxy) is 1. The van der Waals surface area contributed by atoms with Gasteiger partial charge >= 0.3 is 6.09 Å². The smallest absolute Gasteiger partial charge is 0.410 e. The maximum Gasteiger partial charge on any atom is 0.410 e. The molecule has 0 aromatic heterocycles. The second kappa shape index (κ2) is 5.28. The minimum atomic E-state index is -0.392. The molecule has 0 spiro atoms. The highest BCUT2D eigenvalue weighted by atomic mass is 16.6. The van der Waals surface area contributed by atoms with Crippen molar-refractivity contribution >= 4 is 6.09 Å². The fourth-order valence-electron chi connectivity index (χ4n) is 2.42. The van der Waals surface area contributed by atoms with Gasteiger partial charge in [-0.25, -0.2) is 4.79 Å². The first-order chi connectivity index (χ1) is 7.69. The molecule has 1 saturated heterocycles. The fraction of sp³-hybridized carbons (Fsp3) is 0.929. The number of amides is 1. The molecule has 1 fully saturated rings. The van der Waals surface area contributed by atoms with Gasteiger partial charge in [0.25, 0.3) is 0 Å². The Morgan fingerprint density at radius 3 is 2.41 bits per heavy atom. The first-order valence-corrected chi connectivity index (χ1v) is 6.67. The summed E-state index contributed by atoms with van der Waals surface area (Å²) in [6.45, 7) is 14.1. The van der Waals surface area contributed by atoms with Gasteiger partial charge in [-0.2, -0.15) is 0 Å². The van der Waals surface area contributed by atoms with E-state index in [9.17, 15) is 4.79 Å². The SMILES string of the molecule is CC(C)C[C@@H]1CN(C(=O)OC(C)(C)C)C[C@H]1C. The van der Waals surface area contributed by atoms with Crippen molar-refractivity contribution in [2.75, 3.05) is 13.1 Å². The lowest BCUT2D eigenvalue weighted by atomic mass is 9.89. The molecule has 3 nitrogen and oxygen atoms in total. The summed E-state index contributed by atoms with van der Waals surface area (Å²) >= 11 is 0. The minimum absolute atomic E-state index is 0.157. The van der Waals surface area contributed by atoms with Crippen LogP contribution >= 0.6 is 0 Å². The van der Waals surface area contributed by atoms with Crippen LogP contribution in [0.1, 0.15) is 48.0 Å². The van der Waals surface area contributed by atoms with E-state index in [0.717, 1.165) is 13.1 Å². The van der Waals surface area contributed by atoms with Crippen molar-refractivity contribution in [3.63, 3.8) is 0 Å². The molecule has 0 unspecified atom stereocenters. The van der Waals surface area contributed by atoms with E-state index in [-0.39, 0.29) is 6.09 Å². The van der Waals surface area contributed by atoms with Crippen LogP contribution in [0.4, 0.5) is 4.79 Å². The summed E-state index contributed by atoms with van der Waals surface area (Å²) in [4.78, 5) is 13.8. The van der Waals surface area contributed by atoms with Crippen LogP contribution in [0.15, 0.2) is 0 Å². The quantitative estimate of drug-likeness (QED) is 0.740. The molecule has 0 aliphatic carbocycles. The second-order valence-corrected chi connectivity index (χ2v) is 6.75. The van der Waals surface area contributed by atoms with Crippen LogP contribution in [0.3, 0.4) is 0 Å². The lowest BCUT2D eigenvalue weighted by molar-refractivity contribution is 0.0283. The van der Waals surface area contributed by atoms with E-state index in [1.54, 1.807) is 0 Å². The van der Waals surface area contributed by atoms with Crippen molar-refractivity contribution in [2.45, 2.75) is 53.6 Å². The summed E-state index contributed by atoms with van der Waals surface area (Å²) in [6, 6.07) is 0. The van der Waals surface area contributed by atoms with E-state index in [1.807, 2.05) is 25.7 Å². The number of nitrogens with zero attached hydrogens (tertiary/aromatic N) is 1. The normalized spacial score (nSPS) is 25.5. The third kappa shape index (κ3) is 4.57. The largest absolute Gasteiger partial charge is 0.444 e. The summed E-state index contributed by atoms with van der Waals surface area (Å²) in [5.41, 5.74) is -0.392. The zero-order valence-corrected chi connectivity index (χ0v) is 12.1. The monoisotopic (exact) mass is 241 g/mol. The van der Waals surface area contributed by atoms with Crippen LogP contribution < -0.4 is 0 Å². The van der Waals surface area contributed by atoms with Crippen LogP contribution in [0.2, 0.25) is 0 Å². The molecule has 1 aliphatic heterocycles. The molecule has 1 heterocycles. The Balaban J connectivity index is 2.51. The van der Waals surface area contributed by atoms with E-state index >= 15 is 0 Å². The predicted octanol–water partition coefficient (Wildman–Crippen LogP) is 3.54. The summed E-state index contributed by atoms with van der Waals surface area (Å²) in [7, 11) is 0. The molecule has 0 N–H and O–H groups in total. The van der Waals surface area contributed by atoms with Crippen molar-refractivity contribution in [1.29, 1.82) is 0 Å². The molecule has 0 bridgehead atoms. The van der Waals surface area contributed by atoms with Gasteiger partial charge in [-0.05, 0) is 44.9 Å². The molecule has 0 saturated carbocycles. The first-order valence-electron chi connectivity index (χ1n) is 6.67. The van der Waals surface area contributed by atoms with E-state index in [2.05, 4.69) is 20.8 Å². The Kier molecular flexibility index (Phi) is 4.45. The lowest BCUT2D eigenvalue weighted by Crippen LogP contribution is -2.35. The average Bonchev–Trinajstić information content (AvgIpc) is 2.44. The van der Waals surface area contributed by atoms with Crippen molar-refractivity contribution < 1.29 is 9.53 Å². The Bertz CT molecular complexity index is 268. The third-order valence-corrected chi connectivity index (χ3v) is 3.19. The summed E-state index contributed by atoms with van der Waals surface area (Å²) in [5.74, 6) is 1.91. The Morgan fingerprint density at radius 1 is 1.35 bits per heavy atom. The van der Waals surface area contributed by atoms with Crippen LogP contribution in [0, 0.1) is 17.8 Å². The van der Waals surface area contributed by atoms with E-state index in [1.165, 1.54) is 6.42 Å². The van der Waals surface area contributed by atoms with Crippen molar-refractivity contribution in [3.05, 3.63) is 0 Å². The van der Waals surface area contributed by atoms with Gasteiger partial charge in [-0.15, -0.1) is 0 Å². The van der Waals surface area contributed by atoms with E-state index in [0.29, 0.717) is 17.8 Å². The molecule has 0 aromatic rings. The molecule has 17 heavy (non-hydrogen) atoms. The summed E-state index contributed by atoms with van der Waals surface area (Å²) in [5, 5.41) is 0. The van der Waals surface area contributed by atoms with Gasteiger partial charge in [0, 0.05) is 13.1 Å². The van der Waals surface area contributed by atoms with Crippen LogP contribution in [-0.2, 0) is 4.74 Å². The van der Waals surface area contributed by atoms with Gasteiger partial charge < -0.3 is 9.64 Å². The van der Waals surface area contributed by atoms with Crippen LogP contribution in [0.25, 0.3) is 0 Å². The summed E-state index contributed by atoms with van der Waals surface area (Å²) < 4.78 is 5.41. The van der Waals surface area contributed by atoms with Crippen molar-refractivity contribution in [1.82, 2.24) is 4.90 Å². The Hall–Kier alpha value is -0.730. The van der Waals surface area contributed by atoms with Crippen molar-refractivity contribution in [3.8, 4) is 0 Å². The van der Waals surface area contributed by atoms with Gasteiger partial charge in [-0.3, -0.25) is 0 Å². The predicted molar refractivity (Wildman–Crippen MR) is 69.9 cm³/mol. The van der Waals surface area contributed by atoms with Crippen LogP contribution in [0.5, 0.6) is 0 Å². The molecular formula is C14H27NO2. The lowest BCUT2D eigenvalue weighted by Gasteiger charge is -2.24. The highest BCUT2D eigenvalue weighted by Crippen LogP contribution is 2.29. The highest BCUT2D eigenvalue weighted by molar-refractivity contribution is 5.68. The van der Waals surface area contributed by atoms with Gasteiger partial charge in [-0.1, -0.05) is 20.8 Å². The first kappa shape index (κ1) is 14.3. The number of hydrogen-bond donors (Lipinski definition) is 0. The zero-order chi connectivity index (χ0) is 13.2. The van der Waals surface area contributed by atoms with Crippen LogP contribution in [-0.4, -0.2) is 29.7 Å². The molecule has 0 radical (unpaired) electrons. The maximum absolute atomic E-state index is 11.9. The second-order valence-electron chi connectivity index (χ2n) is 6.75. The number of carbonyl (C=O) groups excluding carboxylic acids is 1. The van der Waals surface area contributed by atoms with Gasteiger partial charge in [0.2, 0.25) is 0 Å². The number of hydrogen-bond acceptors (Lipinski definition) is 2. The Labute approximate surface area is 106 Å². The topological polar surface area (TPSA) is 29.5 Å².